The molecule has 1 aliphatic rings. The van der Waals surface area contributed by atoms with Crippen molar-refractivity contribution in [2.75, 3.05) is 24.6 Å². The van der Waals surface area contributed by atoms with E-state index in [1.165, 1.54) is 0 Å². The molecule has 0 radical (unpaired) electrons. The number of hydrogen-bond donors (Lipinski definition) is 1. The van der Waals surface area contributed by atoms with Crippen molar-refractivity contribution in [3.8, 4) is 0 Å². The van der Waals surface area contributed by atoms with Crippen molar-refractivity contribution in [3.63, 3.8) is 0 Å². The molecule has 0 saturated carbocycles. The van der Waals surface area contributed by atoms with Crippen molar-refractivity contribution in [1.82, 2.24) is 10.2 Å². The van der Waals surface area contributed by atoms with Gasteiger partial charge in [0.2, 0.25) is 5.91 Å². The molecule has 2 amide bonds. The van der Waals surface area contributed by atoms with Crippen molar-refractivity contribution in [1.29, 1.82) is 0 Å². The highest BCUT2D eigenvalue weighted by molar-refractivity contribution is 9.10. The molecule has 1 fully saturated rings. The number of benzene rings is 1. The molecular formula is C16H21BrN2O4S. The summed E-state index contributed by atoms with van der Waals surface area (Å²) >= 11 is 3.30. The second kappa shape index (κ2) is 8.11. The topological polar surface area (TPSA) is 83.6 Å². The van der Waals surface area contributed by atoms with Gasteiger partial charge in [0.15, 0.2) is 9.84 Å². The molecule has 1 heterocycles. The third-order valence-corrected chi connectivity index (χ3v) is 6.16. The van der Waals surface area contributed by atoms with Crippen LogP contribution in [0.4, 0.5) is 0 Å². The Kier molecular flexibility index (Phi) is 6.40. The number of nitrogens with zero attached hydrogens (tertiary/aromatic N) is 1. The van der Waals surface area contributed by atoms with Crippen LogP contribution in [-0.2, 0) is 14.6 Å². The van der Waals surface area contributed by atoms with Crippen LogP contribution in [0.3, 0.4) is 0 Å². The maximum Gasteiger partial charge on any atom is 0.251 e. The second-order valence-corrected chi connectivity index (χ2v) is 8.98. The zero-order valence-corrected chi connectivity index (χ0v) is 15.9. The lowest BCUT2D eigenvalue weighted by Gasteiger charge is -2.28. The molecule has 6 nitrogen and oxygen atoms in total. The first kappa shape index (κ1) is 18.9. The van der Waals surface area contributed by atoms with Gasteiger partial charge in [0.1, 0.15) is 0 Å². The van der Waals surface area contributed by atoms with Gasteiger partial charge in [-0.15, -0.1) is 0 Å². The summed E-state index contributed by atoms with van der Waals surface area (Å²) in [6.07, 6.45) is 1.20. The number of amides is 2. The Morgan fingerprint density at radius 2 is 2.12 bits per heavy atom. The average Bonchev–Trinajstić information content (AvgIpc) is 2.89. The lowest BCUT2D eigenvalue weighted by molar-refractivity contribution is -0.132. The molecule has 1 atom stereocenters. The monoisotopic (exact) mass is 416 g/mol. The molecule has 1 aliphatic heterocycles. The van der Waals surface area contributed by atoms with Gasteiger partial charge >= 0.3 is 0 Å². The molecule has 1 saturated heterocycles. The van der Waals surface area contributed by atoms with E-state index in [9.17, 15) is 18.0 Å². The van der Waals surface area contributed by atoms with Gasteiger partial charge in [0.05, 0.1) is 18.1 Å². The van der Waals surface area contributed by atoms with Crippen LogP contribution in [0.5, 0.6) is 0 Å². The van der Waals surface area contributed by atoms with Crippen LogP contribution in [0.1, 0.15) is 30.1 Å². The molecule has 0 bridgehead atoms. The van der Waals surface area contributed by atoms with Crippen LogP contribution in [0, 0.1) is 0 Å². The molecule has 132 valence electrons. The normalized spacial score (nSPS) is 19.0. The van der Waals surface area contributed by atoms with Crippen molar-refractivity contribution >= 4 is 37.6 Å². The van der Waals surface area contributed by atoms with Gasteiger partial charge in [0, 0.05) is 22.6 Å². The van der Waals surface area contributed by atoms with E-state index in [0.717, 1.165) is 10.9 Å². The first-order valence-corrected chi connectivity index (χ1v) is 10.5. The SMILES string of the molecule is CCCN(C(=O)CNC(=O)c1cccc(Br)c1)C1CCS(=O)(=O)C1. The Morgan fingerprint density at radius 3 is 2.71 bits per heavy atom. The first-order valence-electron chi connectivity index (χ1n) is 7.86. The van der Waals surface area contributed by atoms with Gasteiger partial charge in [-0.1, -0.05) is 28.9 Å². The van der Waals surface area contributed by atoms with E-state index in [-0.39, 0.29) is 35.9 Å². The maximum atomic E-state index is 12.4. The molecule has 1 unspecified atom stereocenters. The number of carbonyl (C=O) groups is 2. The fourth-order valence-corrected chi connectivity index (χ4v) is 4.89. The van der Waals surface area contributed by atoms with Crippen LogP contribution < -0.4 is 5.32 Å². The molecule has 1 aromatic rings. The zero-order chi connectivity index (χ0) is 17.7. The summed E-state index contributed by atoms with van der Waals surface area (Å²) in [4.78, 5) is 26.1. The summed E-state index contributed by atoms with van der Waals surface area (Å²) in [5, 5.41) is 2.61. The Bertz CT molecular complexity index is 721. The fraction of sp³-hybridized carbons (Fsp3) is 0.500. The van der Waals surface area contributed by atoms with E-state index in [2.05, 4.69) is 21.2 Å². The van der Waals surface area contributed by atoms with Crippen LogP contribution in [0.15, 0.2) is 28.7 Å². The number of sulfone groups is 1. The average molecular weight is 417 g/mol. The molecule has 0 aromatic heterocycles. The molecular weight excluding hydrogens is 396 g/mol. The van der Waals surface area contributed by atoms with E-state index in [1.807, 2.05) is 13.0 Å². The van der Waals surface area contributed by atoms with E-state index in [4.69, 9.17) is 0 Å². The Hall–Kier alpha value is -1.41. The third-order valence-electron chi connectivity index (χ3n) is 3.92. The van der Waals surface area contributed by atoms with Gasteiger partial charge in [-0.25, -0.2) is 8.42 Å². The highest BCUT2D eigenvalue weighted by Crippen LogP contribution is 2.18. The molecule has 24 heavy (non-hydrogen) atoms. The van der Waals surface area contributed by atoms with Crippen LogP contribution in [-0.4, -0.2) is 55.8 Å². The molecule has 1 aromatic carbocycles. The van der Waals surface area contributed by atoms with Crippen molar-refractivity contribution in [2.24, 2.45) is 0 Å². The number of rotatable bonds is 6. The van der Waals surface area contributed by atoms with Gasteiger partial charge in [-0.2, -0.15) is 0 Å². The van der Waals surface area contributed by atoms with E-state index in [0.29, 0.717) is 18.5 Å². The Morgan fingerprint density at radius 1 is 1.38 bits per heavy atom. The molecule has 1 N–H and O–H groups in total. The molecule has 8 heteroatoms. The fourth-order valence-electron chi connectivity index (χ4n) is 2.76. The summed E-state index contributed by atoms with van der Waals surface area (Å²) in [6, 6.07) is 6.61. The summed E-state index contributed by atoms with van der Waals surface area (Å²) in [5.41, 5.74) is 0.461. The quantitative estimate of drug-likeness (QED) is 0.763. The minimum absolute atomic E-state index is 0.0122. The Balaban J connectivity index is 1.97. The van der Waals surface area contributed by atoms with Crippen LogP contribution in [0.25, 0.3) is 0 Å². The second-order valence-electron chi connectivity index (χ2n) is 5.84. The minimum atomic E-state index is -3.06. The molecule has 2 rings (SSSR count). The summed E-state index contributed by atoms with van der Waals surface area (Å²) in [7, 11) is -3.06. The lowest BCUT2D eigenvalue weighted by atomic mass is 10.2. The highest BCUT2D eigenvalue weighted by atomic mass is 79.9. The van der Waals surface area contributed by atoms with Gasteiger partial charge in [-0.3, -0.25) is 9.59 Å². The van der Waals surface area contributed by atoms with Crippen molar-refractivity contribution in [3.05, 3.63) is 34.3 Å². The van der Waals surface area contributed by atoms with E-state index < -0.39 is 9.84 Å². The van der Waals surface area contributed by atoms with Gasteiger partial charge in [-0.05, 0) is 31.0 Å². The van der Waals surface area contributed by atoms with Gasteiger partial charge in [0.25, 0.3) is 5.91 Å². The van der Waals surface area contributed by atoms with Crippen LogP contribution in [0.2, 0.25) is 0 Å². The number of nitrogens with one attached hydrogen (secondary N) is 1. The number of carbonyl (C=O) groups excluding carboxylic acids is 2. The van der Waals surface area contributed by atoms with E-state index >= 15 is 0 Å². The molecule has 0 spiro atoms. The minimum Gasteiger partial charge on any atom is -0.343 e. The standard InChI is InChI=1S/C16H21BrN2O4S/c1-2-7-19(14-6-8-24(22,23)11-14)15(20)10-18-16(21)12-4-3-5-13(17)9-12/h3-5,9,14H,2,6-8,10-11H2,1H3,(H,18,21). The first-order chi connectivity index (χ1) is 11.3. The maximum absolute atomic E-state index is 12.4. The predicted molar refractivity (Wildman–Crippen MR) is 95.5 cm³/mol. The summed E-state index contributed by atoms with van der Waals surface area (Å²) in [6.45, 7) is 2.29. The predicted octanol–water partition coefficient (Wildman–Crippen LogP) is 1.60. The summed E-state index contributed by atoms with van der Waals surface area (Å²) < 4.78 is 24.1. The van der Waals surface area contributed by atoms with Crippen molar-refractivity contribution in [2.45, 2.75) is 25.8 Å². The van der Waals surface area contributed by atoms with E-state index in [1.54, 1.807) is 23.1 Å². The third kappa shape index (κ3) is 5.04. The molecule has 0 aliphatic carbocycles. The number of hydrogen-bond acceptors (Lipinski definition) is 4. The highest BCUT2D eigenvalue weighted by Gasteiger charge is 2.34. The number of halogens is 1. The van der Waals surface area contributed by atoms with Crippen LogP contribution >= 0.6 is 15.9 Å². The van der Waals surface area contributed by atoms with Crippen molar-refractivity contribution < 1.29 is 18.0 Å². The lowest BCUT2D eigenvalue weighted by Crippen LogP contribution is -2.46. The largest absolute Gasteiger partial charge is 0.343 e. The summed E-state index contributed by atoms with van der Waals surface area (Å²) in [5.74, 6) is -0.448. The zero-order valence-electron chi connectivity index (χ0n) is 13.5. The Labute approximate surface area is 150 Å². The smallest absolute Gasteiger partial charge is 0.251 e. The van der Waals surface area contributed by atoms with Gasteiger partial charge < -0.3 is 10.2 Å².